The number of hydrogen-bond acceptors (Lipinski definition) is 2. The summed E-state index contributed by atoms with van der Waals surface area (Å²) in [5.74, 6) is 0.751. The van der Waals surface area contributed by atoms with E-state index < -0.39 is 0 Å². The van der Waals surface area contributed by atoms with Crippen molar-refractivity contribution in [1.29, 1.82) is 0 Å². The van der Waals surface area contributed by atoms with Crippen LogP contribution >= 0.6 is 0 Å². The first kappa shape index (κ1) is 13.0. The molecule has 0 unspecified atom stereocenters. The molecule has 2 nitrogen and oxygen atoms in total. The lowest BCUT2D eigenvalue weighted by molar-refractivity contribution is 0.0852. The predicted octanol–water partition coefficient (Wildman–Crippen LogP) is 2.63. The molecule has 0 aromatic rings. The highest BCUT2D eigenvalue weighted by Crippen LogP contribution is 2.35. The first-order chi connectivity index (χ1) is 7.14. The van der Waals surface area contributed by atoms with Crippen LogP contribution in [0, 0.1) is 5.92 Å². The molecular weight excluding hydrogens is 184 g/mol. The van der Waals surface area contributed by atoms with Gasteiger partial charge in [-0.1, -0.05) is 33.6 Å². The molecule has 2 N–H and O–H groups in total. The Balaban J connectivity index is 2.66. The van der Waals surface area contributed by atoms with Crippen LogP contribution in [0.25, 0.3) is 0 Å². The highest BCUT2D eigenvalue weighted by molar-refractivity contribution is 4.95. The normalized spacial score (nSPS) is 20.4. The third-order valence-corrected chi connectivity index (χ3v) is 3.66. The third kappa shape index (κ3) is 3.18. The molecule has 0 aromatic carbocycles. The van der Waals surface area contributed by atoms with Crippen molar-refractivity contribution >= 4 is 0 Å². The minimum Gasteiger partial charge on any atom is -0.329 e. The minimum atomic E-state index is 0.347. The molecule has 0 aliphatic heterocycles. The molecule has 0 heterocycles. The van der Waals surface area contributed by atoms with Gasteiger partial charge in [0.15, 0.2) is 0 Å². The average Bonchev–Trinajstić information content (AvgIpc) is 2.66. The number of nitrogens with two attached hydrogens (primary N) is 1. The highest BCUT2D eigenvalue weighted by Gasteiger charge is 2.37. The van der Waals surface area contributed by atoms with Gasteiger partial charge in [-0.3, -0.25) is 4.90 Å². The lowest BCUT2D eigenvalue weighted by Crippen LogP contribution is -2.53. The smallest absolute Gasteiger partial charge is 0.0331 e. The Morgan fingerprint density at radius 3 is 2.27 bits per heavy atom. The van der Waals surface area contributed by atoms with Gasteiger partial charge in [-0.15, -0.1) is 0 Å². The van der Waals surface area contributed by atoms with Gasteiger partial charge in [-0.2, -0.15) is 0 Å². The molecule has 0 amide bonds. The number of rotatable bonds is 6. The third-order valence-electron chi connectivity index (χ3n) is 3.66. The van der Waals surface area contributed by atoms with E-state index in [1.807, 2.05) is 0 Å². The quantitative estimate of drug-likeness (QED) is 0.733. The SMILES string of the molecule is CCCN(CC(C)C)C1(CN)CCCC1. The first-order valence-electron chi connectivity index (χ1n) is 6.60. The Morgan fingerprint density at radius 2 is 1.87 bits per heavy atom. The Labute approximate surface area is 95.2 Å². The first-order valence-corrected chi connectivity index (χ1v) is 6.60. The van der Waals surface area contributed by atoms with Crippen molar-refractivity contribution < 1.29 is 0 Å². The van der Waals surface area contributed by atoms with Crippen molar-refractivity contribution in [2.75, 3.05) is 19.6 Å². The maximum atomic E-state index is 6.03. The molecule has 0 saturated heterocycles. The molecular formula is C13H28N2. The van der Waals surface area contributed by atoms with Crippen molar-refractivity contribution in [1.82, 2.24) is 4.90 Å². The van der Waals surface area contributed by atoms with E-state index in [9.17, 15) is 0 Å². The summed E-state index contributed by atoms with van der Waals surface area (Å²) < 4.78 is 0. The van der Waals surface area contributed by atoms with E-state index in [-0.39, 0.29) is 0 Å². The minimum absolute atomic E-state index is 0.347. The molecule has 90 valence electrons. The highest BCUT2D eigenvalue weighted by atomic mass is 15.2. The molecule has 0 atom stereocenters. The van der Waals surface area contributed by atoms with Crippen LogP contribution < -0.4 is 5.73 Å². The van der Waals surface area contributed by atoms with Gasteiger partial charge in [-0.05, 0) is 31.7 Å². The van der Waals surface area contributed by atoms with Crippen LogP contribution in [0.3, 0.4) is 0 Å². The summed E-state index contributed by atoms with van der Waals surface area (Å²) in [5, 5.41) is 0. The van der Waals surface area contributed by atoms with Crippen LogP contribution in [0.15, 0.2) is 0 Å². The Kier molecular flexibility index (Phi) is 5.07. The van der Waals surface area contributed by atoms with Crippen molar-refractivity contribution in [3.63, 3.8) is 0 Å². The largest absolute Gasteiger partial charge is 0.329 e. The van der Waals surface area contributed by atoms with Crippen molar-refractivity contribution in [2.45, 2.75) is 58.4 Å². The Hall–Kier alpha value is -0.0800. The van der Waals surface area contributed by atoms with Gasteiger partial charge in [0.25, 0.3) is 0 Å². The van der Waals surface area contributed by atoms with E-state index in [2.05, 4.69) is 25.7 Å². The Morgan fingerprint density at radius 1 is 1.27 bits per heavy atom. The topological polar surface area (TPSA) is 29.3 Å². The zero-order valence-electron chi connectivity index (χ0n) is 10.8. The second-order valence-electron chi connectivity index (χ2n) is 5.48. The zero-order valence-corrected chi connectivity index (χ0v) is 10.8. The average molecular weight is 212 g/mol. The monoisotopic (exact) mass is 212 g/mol. The van der Waals surface area contributed by atoms with Crippen LogP contribution in [0.2, 0.25) is 0 Å². The number of hydrogen-bond donors (Lipinski definition) is 1. The summed E-state index contributed by atoms with van der Waals surface area (Å²) in [5.41, 5.74) is 6.38. The van der Waals surface area contributed by atoms with E-state index in [0.29, 0.717) is 5.54 Å². The fraction of sp³-hybridized carbons (Fsp3) is 1.00. The van der Waals surface area contributed by atoms with Gasteiger partial charge in [0.2, 0.25) is 0 Å². The van der Waals surface area contributed by atoms with Gasteiger partial charge in [-0.25, -0.2) is 0 Å². The molecule has 0 spiro atoms. The molecule has 0 radical (unpaired) electrons. The van der Waals surface area contributed by atoms with E-state index >= 15 is 0 Å². The van der Waals surface area contributed by atoms with Crippen molar-refractivity contribution in [3.05, 3.63) is 0 Å². The van der Waals surface area contributed by atoms with Crippen LogP contribution in [0.1, 0.15) is 52.9 Å². The standard InChI is InChI=1S/C13H28N2/c1-4-9-15(10-12(2)3)13(11-14)7-5-6-8-13/h12H,4-11,14H2,1-3H3. The summed E-state index contributed by atoms with van der Waals surface area (Å²) in [4.78, 5) is 2.67. The number of nitrogens with zero attached hydrogens (tertiary/aromatic N) is 1. The van der Waals surface area contributed by atoms with Crippen LogP contribution in [-0.2, 0) is 0 Å². The van der Waals surface area contributed by atoms with Gasteiger partial charge in [0.05, 0.1) is 0 Å². The predicted molar refractivity (Wildman–Crippen MR) is 67.0 cm³/mol. The van der Waals surface area contributed by atoms with Gasteiger partial charge in [0, 0.05) is 18.6 Å². The summed E-state index contributed by atoms with van der Waals surface area (Å²) in [6, 6.07) is 0. The van der Waals surface area contributed by atoms with E-state index in [0.717, 1.165) is 12.5 Å². The molecule has 1 aliphatic carbocycles. The van der Waals surface area contributed by atoms with E-state index in [4.69, 9.17) is 5.73 Å². The molecule has 15 heavy (non-hydrogen) atoms. The maximum Gasteiger partial charge on any atom is 0.0331 e. The second-order valence-corrected chi connectivity index (χ2v) is 5.48. The summed E-state index contributed by atoms with van der Waals surface area (Å²) in [6.07, 6.45) is 6.62. The molecule has 2 heteroatoms. The molecule has 1 fully saturated rings. The van der Waals surface area contributed by atoms with Crippen molar-refractivity contribution in [3.8, 4) is 0 Å². The molecule has 0 bridgehead atoms. The fourth-order valence-electron chi connectivity index (χ4n) is 2.92. The van der Waals surface area contributed by atoms with Gasteiger partial charge < -0.3 is 5.73 Å². The van der Waals surface area contributed by atoms with Crippen LogP contribution in [0.4, 0.5) is 0 Å². The molecule has 1 rings (SSSR count). The van der Waals surface area contributed by atoms with Gasteiger partial charge in [0.1, 0.15) is 0 Å². The van der Waals surface area contributed by atoms with Crippen LogP contribution in [0.5, 0.6) is 0 Å². The summed E-state index contributed by atoms with van der Waals surface area (Å²) >= 11 is 0. The molecule has 0 aromatic heterocycles. The van der Waals surface area contributed by atoms with E-state index in [1.165, 1.54) is 45.2 Å². The maximum absolute atomic E-state index is 6.03. The zero-order chi connectivity index (χ0) is 11.3. The fourth-order valence-corrected chi connectivity index (χ4v) is 2.92. The molecule has 1 aliphatic rings. The molecule has 1 saturated carbocycles. The lowest BCUT2D eigenvalue weighted by Gasteiger charge is -2.41. The Bertz CT molecular complexity index is 171. The van der Waals surface area contributed by atoms with Gasteiger partial charge >= 0.3 is 0 Å². The van der Waals surface area contributed by atoms with Crippen molar-refractivity contribution in [2.24, 2.45) is 11.7 Å². The summed E-state index contributed by atoms with van der Waals surface area (Å²) in [7, 11) is 0. The summed E-state index contributed by atoms with van der Waals surface area (Å²) in [6.45, 7) is 10.2. The second kappa shape index (κ2) is 5.86. The van der Waals surface area contributed by atoms with E-state index in [1.54, 1.807) is 0 Å². The van der Waals surface area contributed by atoms with Crippen LogP contribution in [-0.4, -0.2) is 30.1 Å². The lowest BCUT2D eigenvalue weighted by atomic mass is 9.93.